The second kappa shape index (κ2) is 5.18. The van der Waals surface area contributed by atoms with Crippen LogP contribution < -0.4 is 4.74 Å². The zero-order valence-corrected chi connectivity index (χ0v) is 9.82. The van der Waals surface area contributed by atoms with Gasteiger partial charge >= 0.3 is 6.61 Å². The van der Waals surface area contributed by atoms with E-state index in [4.69, 9.17) is 0 Å². The van der Waals surface area contributed by atoms with E-state index in [1.54, 1.807) is 29.2 Å². The molecule has 0 fully saturated rings. The van der Waals surface area contributed by atoms with Crippen LogP contribution in [0.2, 0.25) is 0 Å². The Balaban J connectivity index is 2.38. The summed E-state index contributed by atoms with van der Waals surface area (Å²) in [6.45, 7) is -2.82. The maximum absolute atomic E-state index is 12.2. The van der Waals surface area contributed by atoms with Crippen molar-refractivity contribution < 1.29 is 13.5 Å². The van der Waals surface area contributed by atoms with E-state index in [9.17, 15) is 8.78 Å². The molecule has 0 N–H and O–H groups in total. The third kappa shape index (κ3) is 2.97. The quantitative estimate of drug-likeness (QED) is 0.786. The van der Waals surface area contributed by atoms with Crippen LogP contribution in [-0.4, -0.2) is 22.6 Å². The third-order valence-electron chi connectivity index (χ3n) is 2.09. The van der Waals surface area contributed by atoms with Gasteiger partial charge in [-0.1, -0.05) is 0 Å². The Hall–Kier alpha value is -1.56. The molecule has 6 heteroatoms. The van der Waals surface area contributed by atoms with E-state index >= 15 is 0 Å². The highest BCUT2D eigenvalue weighted by Crippen LogP contribution is 2.26. The highest BCUT2D eigenvalue weighted by Gasteiger charge is 2.08. The van der Waals surface area contributed by atoms with Gasteiger partial charge in [0.2, 0.25) is 0 Å². The normalized spacial score (nSPS) is 10.8. The first kappa shape index (κ1) is 11.9. The number of hydrogen-bond donors (Lipinski definition) is 0. The van der Waals surface area contributed by atoms with Crippen molar-refractivity contribution in [2.45, 2.75) is 11.5 Å². The SMILES string of the molecule is CSc1cc(OC(F)F)cc(-n2cccn2)c1. The summed E-state index contributed by atoms with van der Waals surface area (Å²) < 4.78 is 30.4. The molecule has 0 aliphatic rings. The van der Waals surface area contributed by atoms with Gasteiger partial charge in [0, 0.05) is 23.4 Å². The molecular weight excluding hydrogens is 246 g/mol. The van der Waals surface area contributed by atoms with Gasteiger partial charge in [-0.3, -0.25) is 0 Å². The number of hydrogen-bond acceptors (Lipinski definition) is 3. The fourth-order valence-electron chi connectivity index (χ4n) is 1.40. The van der Waals surface area contributed by atoms with Gasteiger partial charge in [0.05, 0.1) is 5.69 Å². The molecule has 2 rings (SSSR count). The fourth-order valence-corrected chi connectivity index (χ4v) is 1.87. The first-order chi connectivity index (χ1) is 8.19. The molecule has 0 radical (unpaired) electrons. The Morgan fingerprint density at radius 3 is 2.76 bits per heavy atom. The zero-order chi connectivity index (χ0) is 12.3. The van der Waals surface area contributed by atoms with Crippen LogP contribution in [0.3, 0.4) is 0 Å². The molecule has 2 aromatic rings. The summed E-state index contributed by atoms with van der Waals surface area (Å²) in [4.78, 5) is 0.841. The lowest BCUT2D eigenvalue weighted by molar-refractivity contribution is -0.0499. The number of aromatic nitrogens is 2. The van der Waals surface area contributed by atoms with E-state index < -0.39 is 6.61 Å². The molecule has 0 amide bonds. The monoisotopic (exact) mass is 256 g/mol. The van der Waals surface area contributed by atoms with Crippen LogP contribution in [-0.2, 0) is 0 Å². The number of nitrogens with zero attached hydrogens (tertiary/aromatic N) is 2. The Bertz CT molecular complexity index is 488. The average molecular weight is 256 g/mol. The fraction of sp³-hybridized carbons (Fsp3) is 0.182. The topological polar surface area (TPSA) is 27.1 Å². The Labute approximate surface area is 101 Å². The lowest BCUT2D eigenvalue weighted by Crippen LogP contribution is -2.03. The average Bonchev–Trinajstić information content (AvgIpc) is 2.81. The molecule has 3 nitrogen and oxygen atoms in total. The van der Waals surface area contributed by atoms with Crippen molar-refractivity contribution in [1.29, 1.82) is 0 Å². The van der Waals surface area contributed by atoms with E-state index in [1.165, 1.54) is 17.8 Å². The molecule has 1 aromatic heterocycles. The van der Waals surface area contributed by atoms with Gasteiger partial charge in [-0.15, -0.1) is 11.8 Å². The molecule has 0 saturated carbocycles. The smallest absolute Gasteiger partial charge is 0.387 e. The lowest BCUT2D eigenvalue weighted by atomic mass is 10.3. The molecule has 0 aliphatic carbocycles. The molecular formula is C11H10F2N2OS. The van der Waals surface area contributed by atoms with E-state index in [-0.39, 0.29) is 5.75 Å². The van der Waals surface area contributed by atoms with Crippen molar-refractivity contribution in [3.05, 3.63) is 36.7 Å². The second-order valence-electron chi connectivity index (χ2n) is 3.20. The number of benzene rings is 1. The van der Waals surface area contributed by atoms with Crippen LogP contribution in [0, 0.1) is 0 Å². The van der Waals surface area contributed by atoms with Gasteiger partial charge in [0.25, 0.3) is 0 Å². The van der Waals surface area contributed by atoms with Gasteiger partial charge in [0.15, 0.2) is 0 Å². The second-order valence-corrected chi connectivity index (χ2v) is 4.08. The summed E-state index contributed by atoms with van der Waals surface area (Å²) in [5.41, 5.74) is 0.692. The number of alkyl halides is 2. The standard InChI is InChI=1S/C11H10F2N2OS/c1-17-10-6-8(15-4-2-3-14-15)5-9(7-10)16-11(12)13/h2-7,11H,1H3. The van der Waals surface area contributed by atoms with Crippen molar-refractivity contribution in [3.63, 3.8) is 0 Å². The predicted octanol–water partition coefficient (Wildman–Crippen LogP) is 3.20. The summed E-state index contributed by atoms with van der Waals surface area (Å²) in [6, 6.07) is 6.72. The summed E-state index contributed by atoms with van der Waals surface area (Å²) in [6.07, 6.45) is 5.24. The van der Waals surface area contributed by atoms with E-state index in [1.807, 2.05) is 12.3 Å². The van der Waals surface area contributed by atoms with E-state index in [0.29, 0.717) is 5.69 Å². The molecule has 0 unspecified atom stereocenters. The van der Waals surface area contributed by atoms with Gasteiger partial charge in [-0.2, -0.15) is 13.9 Å². The van der Waals surface area contributed by atoms with Crippen molar-refractivity contribution >= 4 is 11.8 Å². The minimum Gasteiger partial charge on any atom is -0.435 e. The number of ether oxygens (including phenoxy) is 1. The highest BCUT2D eigenvalue weighted by molar-refractivity contribution is 7.98. The first-order valence-electron chi connectivity index (χ1n) is 4.83. The van der Waals surface area contributed by atoms with Gasteiger partial charge in [0.1, 0.15) is 5.75 Å². The summed E-state index contributed by atoms with van der Waals surface area (Å²) in [5.74, 6) is 0.136. The largest absolute Gasteiger partial charge is 0.435 e. The molecule has 0 atom stereocenters. The van der Waals surface area contributed by atoms with Crippen molar-refractivity contribution in [2.75, 3.05) is 6.26 Å². The minimum absolute atomic E-state index is 0.136. The van der Waals surface area contributed by atoms with Crippen molar-refractivity contribution in [1.82, 2.24) is 9.78 Å². The minimum atomic E-state index is -2.82. The van der Waals surface area contributed by atoms with Crippen molar-refractivity contribution in [2.24, 2.45) is 0 Å². The molecule has 0 bridgehead atoms. The maximum atomic E-state index is 12.2. The Morgan fingerprint density at radius 1 is 1.35 bits per heavy atom. The number of rotatable bonds is 4. The van der Waals surface area contributed by atoms with Gasteiger partial charge in [-0.05, 0) is 24.5 Å². The Kier molecular flexibility index (Phi) is 3.63. The van der Waals surface area contributed by atoms with Crippen LogP contribution in [0.25, 0.3) is 5.69 Å². The molecule has 1 heterocycles. The first-order valence-corrected chi connectivity index (χ1v) is 6.05. The van der Waals surface area contributed by atoms with Gasteiger partial charge in [-0.25, -0.2) is 4.68 Å². The zero-order valence-electron chi connectivity index (χ0n) is 9.01. The Morgan fingerprint density at radius 2 is 2.18 bits per heavy atom. The van der Waals surface area contributed by atoms with Crippen LogP contribution in [0.4, 0.5) is 8.78 Å². The molecule has 17 heavy (non-hydrogen) atoms. The molecule has 0 spiro atoms. The third-order valence-corrected chi connectivity index (χ3v) is 2.80. The summed E-state index contributed by atoms with van der Waals surface area (Å²) in [7, 11) is 0. The van der Waals surface area contributed by atoms with E-state index in [0.717, 1.165) is 4.90 Å². The lowest BCUT2D eigenvalue weighted by Gasteiger charge is -2.09. The molecule has 90 valence electrons. The highest BCUT2D eigenvalue weighted by atomic mass is 32.2. The maximum Gasteiger partial charge on any atom is 0.387 e. The number of halogens is 2. The number of thioether (sulfide) groups is 1. The summed E-state index contributed by atoms with van der Waals surface area (Å²) in [5, 5.41) is 4.05. The molecule has 0 saturated heterocycles. The molecule has 0 aliphatic heterocycles. The predicted molar refractivity (Wildman–Crippen MR) is 62.0 cm³/mol. The van der Waals surface area contributed by atoms with Crippen LogP contribution in [0.1, 0.15) is 0 Å². The van der Waals surface area contributed by atoms with Crippen LogP contribution >= 0.6 is 11.8 Å². The van der Waals surface area contributed by atoms with E-state index in [2.05, 4.69) is 9.84 Å². The van der Waals surface area contributed by atoms with Gasteiger partial charge < -0.3 is 4.74 Å². The van der Waals surface area contributed by atoms with Crippen LogP contribution in [0.5, 0.6) is 5.75 Å². The summed E-state index contributed by atoms with van der Waals surface area (Å²) >= 11 is 1.46. The molecule has 1 aromatic carbocycles. The van der Waals surface area contributed by atoms with Crippen molar-refractivity contribution in [3.8, 4) is 11.4 Å². The van der Waals surface area contributed by atoms with Crippen LogP contribution in [0.15, 0.2) is 41.6 Å².